The minimum Gasteiger partial charge on any atom is -0.389 e. The van der Waals surface area contributed by atoms with E-state index in [-0.39, 0.29) is 0 Å². The zero-order chi connectivity index (χ0) is 12.4. The largest absolute Gasteiger partial charge is 0.389 e. The van der Waals surface area contributed by atoms with Gasteiger partial charge in [0.25, 0.3) is 0 Å². The van der Waals surface area contributed by atoms with Gasteiger partial charge in [-0.25, -0.2) is 15.0 Å². The quantitative estimate of drug-likeness (QED) is 0.906. The molecule has 1 atom stereocenters. The van der Waals surface area contributed by atoms with Crippen LogP contribution in [0.5, 0.6) is 0 Å². The smallest absolute Gasteiger partial charge is 0.135 e. The topological polar surface area (TPSA) is 58.9 Å². The van der Waals surface area contributed by atoms with Gasteiger partial charge in [0.15, 0.2) is 0 Å². The van der Waals surface area contributed by atoms with Crippen LogP contribution in [0.3, 0.4) is 0 Å². The van der Waals surface area contributed by atoms with Crippen LogP contribution in [0.1, 0.15) is 40.8 Å². The monoisotopic (exact) mass is 249 g/mol. The van der Waals surface area contributed by atoms with Crippen LogP contribution in [0.15, 0.2) is 11.6 Å². The predicted molar refractivity (Wildman–Crippen MR) is 67.1 cm³/mol. The Labute approximate surface area is 104 Å². The highest BCUT2D eigenvalue weighted by molar-refractivity contribution is 7.09. The summed E-state index contributed by atoms with van der Waals surface area (Å²) in [6.07, 6.45) is 1.83. The molecule has 0 bridgehead atoms. The van der Waals surface area contributed by atoms with Gasteiger partial charge in [-0.3, -0.25) is 0 Å². The lowest BCUT2D eigenvalue weighted by Gasteiger charge is -2.08. The van der Waals surface area contributed by atoms with Crippen LogP contribution in [0.2, 0.25) is 0 Å². The highest BCUT2D eigenvalue weighted by Gasteiger charge is 2.09. The van der Waals surface area contributed by atoms with Crippen molar-refractivity contribution >= 4 is 11.3 Å². The summed E-state index contributed by atoms with van der Waals surface area (Å²) in [5.41, 5.74) is 2.64. The molecule has 2 rings (SSSR count). The highest BCUT2D eigenvalue weighted by Crippen LogP contribution is 2.16. The molecule has 2 aromatic heterocycles. The molecular formula is C12H15N3OS. The second-order valence-electron chi connectivity index (χ2n) is 4.06. The van der Waals surface area contributed by atoms with Crippen LogP contribution in [-0.4, -0.2) is 20.1 Å². The van der Waals surface area contributed by atoms with Crippen molar-refractivity contribution in [2.75, 3.05) is 0 Å². The molecule has 5 heteroatoms. The van der Waals surface area contributed by atoms with Gasteiger partial charge in [-0.05, 0) is 20.8 Å². The first-order chi connectivity index (χ1) is 8.06. The average Bonchev–Trinajstić information content (AvgIpc) is 2.63. The summed E-state index contributed by atoms with van der Waals surface area (Å²) in [5, 5.41) is 12.5. The molecule has 0 radical (unpaired) electrons. The number of hydrogen-bond acceptors (Lipinski definition) is 5. The molecule has 0 saturated heterocycles. The van der Waals surface area contributed by atoms with Gasteiger partial charge in [0.05, 0.1) is 12.5 Å². The number of rotatable bonds is 3. The molecule has 0 aliphatic carbocycles. The van der Waals surface area contributed by atoms with Gasteiger partial charge in [0.1, 0.15) is 10.8 Å². The van der Waals surface area contributed by atoms with Crippen molar-refractivity contribution in [2.24, 2.45) is 0 Å². The standard InChI is InChI=1S/C12H15N3OS/c1-7-6-17-12(14-7)4-11-13-5-10(9(3)16)8(2)15-11/h5-6,9,16H,4H2,1-3H3/t9-/m0/s1. The Hall–Kier alpha value is -1.33. The molecule has 1 N–H and O–H groups in total. The molecule has 2 heterocycles. The number of aliphatic hydroxyl groups is 1. The Kier molecular flexibility index (Phi) is 3.49. The molecule has 0 saturated carbocycles. The Bertz CT molecular complexity index is 522. The van der Waals surface area contributed by atoms with Crippen LogP contribution in [-0.2, 0) is 6.42 Å². The first-order valence-corrected chi connectivity index (χ1v) is 6.35. The van der Waals surface area contributed by atoms with E-state index < -0.39 is 6.10 Å². The van der Waals surface area contributed by atoms with Crippen LogP contribution in [0.25, 0.3) is 0 Å². The van der Waals surface area contributed by atoms with Gasteiger partial charge >= 0.3 is 0 Å². The van der Waals surface area contributed by atoms with Crippen LogP contribution < -0.4 is 0 Å². The zero-order valence-electron chi connectivity index (χ0n) is 10.1. The zero-order valence-corrected chi connectivity index (χ0v) is 11.0. The summed E-state index contributed by atoms with van der Waals surface area (Å²) in [6, 6.07) is 0. The summed E-state index contributed by atoms with van der Waals surface area (Å²) in [4.78, 5) is 13.0. The third-order valence-electron chi connectivity index (χ3n) is 2.49. The maximum absolute atomic E-state index is 9.50. The predicted octanol–water partition coefficient (Wildman–Crippen LogP) is 2.19. The summed E-state index contributed by atoms with van der Waals surface area (Å²) in [7, 11) is 0. The van der Waals surface area contributed by atoms with Gasteiger partial charge in [-0.15, -0.1) is 11.3 Å². The van der Waals surface area contributed by atoms with E-state index in [9.17, 15) is 5.11 Å². The molecule has 0 amide bonds. The van der Waals surface area contributed by atoms with Crippen molar-refractivity contribution in [1.29, 1.82) is 0 Å². The summed E-state index contributed by atoms with van der Waals surface area (Å²) >= 11 is 1.62. The SMILES string of the molecule is Cc1csc(Cc2ncc([C@H](C)O)c(C)n2)n1. The molecule has 4 nitrogen and oxygen atoms in total. The molecule has 0 unspecified atom stereocenters. The van der Waals surface area contributed by atoms with Gasteiger partial charge in [-0.2, -0.15) is 0 Å². The fraction of sp³-hybridized carbons (Fsp3) is 0.417. The number of hydrogen-bond donors (Lipinski definition) is 1. The first kappa shape index (κ1) is 12.1. The van der Waals surface area contributed by atoms with E-state index in [0.717, 1.165) is 27.8 Å². The number of thiazole rings is 1. The van der Waals surface area contributed by atoms with Gasteiger partial charge in [0, 0.05) is 28.5 Å². The summed E-state index contributed by atoms with van der Waals surface area (Å²) in [5.74, 6) is 0.751. The number of aromatic nitrogens is 3. The Morgan fingerprint density at radius 2 is 2.12 bits per heavy atom. The van der Waals surface area contributed by atoms with Gasteiger partial charge < -0.3 is 5.11 Å². The number of nitrogens with zero attached hydrogens (tertiary/aromatic N) is 3. The van der Waals surface area contributed by atoms with E-state index >= 15 is 0 Å². The van der Waals surface area contributed by atoms with E-state index in [1.165, 1.54) is 0 Å². The maximum atomic E-state index is 9.50. The number of aryl methyl sites for hydroxylation is 2. The number of aliphatic hydroxyl groups excluding tert-OH is 1. The third kappa shape index (κ3) is 2.87. The van der Waals surface area contributed by atoms with E-state index in [2.05, 4.69) is 15.0 Å². The van der Waals surface area contributed by atoms with E-state index in [1.807, 2.05) is 19.2 Å². The van der Waals surface area contributed by atoms with E-state index in [1.54, 1.807) is 24.5 Å². The molecule has 0 fully saturated rings. The molecule has 0 aliphatic rings. The lowest BCUT2D eigenvalue weighted by Crippen LogP contribution is -2.04. The van der Waals surface area contributed by atoms with E-state index in [0.29, 0.717) is 6.42 Å². The second-order valence-corrected chi connectivity index (χ2v) is 5.01. The molecule has 0 spiro atoms. The van der Waals surface area contributed by atoms with Crippen molar-refractivity contribution in [1.82, 2.24) is 15.0 Å². The fourth-order valence-electron chi connectivity index (χ4n) is 1.64. The molecule has 90 valence electrons. The van der Waals surface area contributed by atoms with Crippen molar-refractivity contribution < 1.29 is 5.11 Å². The van der Waals surface area contributed by atoms with Crippen molar-refractivity contribution in [3.8, 4) is 0 Å². The maximum Gasteiger partial charge on any atom is 0.135 e. The molecular weight excluding hydrogens is 234 g/mol. The molecule has 2 aromatic rings. The molecule has 0 aromatic carbocycles. The van der Waals surface area contributed by atoms with Gasteiger partial charge in [0.2, 0.25) is 0 Å². The van der Waals surface area contributed by atoms with Crippen molar-refractivity contribution in [2.45, 2.75) is 33.3 Å². The molecule has 17 heavy (non-hydrogen) atoms. The average molecular weight is 249 g/mol. The Morgan fingerprint density at radius 1 is 1.35 bits per heavy atom. The second kappa shape index (κ2) is 4.89. The van der Waals surface area contributed by atoms with Gasteiger partial charge in [-0.1, -0.05) is 0 Å². The molecule has 0 aliphatic heterocycles. The first-order valence-electron chi connectivity index (χ1n) is 5.47. The Morgan fingerprint density at radius 3 is 2.65 bits per heavy atom. The van der Waals surface area contributed by atoms with Crippen LogP contribution >= 0.6 is 11.3 Å². The third-order valence-corrected chi connectivity index (χ3v) is 3.46. The van der Waals surface area contributed by atoms with E-state index in [4.69, 9.17) is 0 Å². The minimum atomic E-state index is -0.522. The van der Waals surface area contributed by atoms with Crippen molar-refractivity contribution in [3.05, 3.63) is 39.4 Å². The fourth-order valence-corrected chi connectivity index (χ4v) is 2.41. The normalized spacial score (nSPS) is 12.7. The Balaban J connectivity index is 2.20. The highest BCUT2D eigenvalue weighted by atomic mass is 32.1. The summed E-state index contributed by atoms with van der Waals surface area (Å²) in [6.45, 7) is 5.58. The summed E-state index contributed by atoms with van der Waals surface area (Å²) < 4.78 is 0. The van der Waals surface area contributed by atoms with Crippen LogP contribution in [0, 0.1) is 13.8 Å². The van der Waals surface area contributed by atoms with Crippen LogP contribution in [0.4, 0.5) is 0 Å². The minimum absolute atomic E-state index is 0.522. The van der Waals surface area contributed by atoms with Crippen molar-refractivity contribution in [3.63, 3.8) is 0 Å². The lowest BCUT2D eigenvalue weighted by molar-refractivity contribution is 0.197. The lowest BCUT2D eigenvalue weighted by atomic mass is 10.1.